The van der Waals surface area contributed by atoms with E-state index in [2.05, 4.69) is 20.9 Å². The third kappa shape index (κ3) is 3.24. The molecule has 0 aliphatic carbocycles. The molecular weight excluding hydrogens is 308 g/mol. The molecule has 24 heavy (non-hydrogen) atoms. The Morgan fingerprint density at radius 3 is 2.79 bits per heavy atom. The van der Waals surface area contributed by atoms with Crippen molar-refractivity contribution in [2.45, 2.75) is 19.4 Å². The van der Waals surface area contributed by atoms with Gasteiger partial charge < -0.3 is 16.0 Å². The molecule has 1 aliphatic rings. The van der Waals surface area contributed by atoms with Crippen molar-refractivity contribution in [3.8, 4) is 0 Å². The molecule has 0 saturated carbocycles. The van der Waals surface area contributed by atoms with Gasteiger partial charge in [0.05, 0.1) is 17.7 Å². The Morgan fingerprint density at radius 1 is 1.21 bits per heavy atom. The van der Waals surface area contributed by atoms with Crippen molar-refractivity contribution in [3.63, 3.8) is 0 Å². The predicted octanol–water partition coefficient (Wildman–Crippen LogP) is 1.47. The minimum Gasteiger partial charge on any atom is -0.340 e. The molecule has 0 bridgehead atoms. The van der Waals surface area contributed by atoms with Crippen LogP contribution in [0.1, 0.15) is 22.3 Å². The topological polar surface area (TPSA) is 100 Å². The molecule has 1 aromatic heterocycles. The summed E-state index contributed by atoms with van der Waals surface area (Å²) in [5.74, 6) is -0.786. The minimum atomic E-state index is -0.950. The number of carbonyl (C=O) groups excluding carboxylic acids is 3. The summed E-state index contributed by atoms with van der Waals surface area (Å²) in [5, 5.41) is 7.90. The van der Waals surface area contributed by atoms with E-state index in [-0.39, 0.29) is 6.42 Å². The van der Waals surface area contributed by atoms with Gasteiger partial charge in [0.1, 0.15) is 11.9 Å². The molecule has 1 aliphatic heterocycles. The highest BCUT2D eigenvalue weighted by atomic mass is 16.2. The molecule has 2 aromatic rings. The molecule has 1 aromatic carbocycles. The van der Waals surface area contributed by atoms with Crippen LogP contribution in [0.3, 0.4) is 0 Å². The largest absolute Gasteiger partial charge is 0.340 e. The van der Waals surface area contributed by atoms with Gasteiger partial charge in [0.2, 0.25) is 11.8 Å². The second-order valence-corrected chi connectivity index (χ2v) is 5.48. The first-order valence-corrected chi connectivity index (χ1v) is 7.47. The summed E-state index contributed by atoms with van der Waals surface area (Å²) in [5.41, 5.74) is 1.62. The lowest BCUT2D eigenvalue weighted by atomic mass is 10.1. The van der Waals surface area contributed by atoms with Crippen LogP contribution in [0.5, 0.6) is 0 Å². The van der Waals surface area contributed by atoms with Crippen LogP contribution in [0.2, 0.25) is 0 Å². The molecule has 0 unspecified atom stereocenters. The number of aryl methyl sites for hydroxylation is 1. The second-order valence-electron chi connectivity index (χ2n) is 5.48. The second kappa shape index (κ2) is 6.49. The van der Waals surface area contributed by atoms with E-state index in [4.69, 9.17) is 0 Å². The standard InChI is InChI=1S/C17H16N4O3/c1-10-5-4-8-18-15(10)21-14(22)9-13-17(24)19-12-7-3-2-6-11(12)16(23)20-13/h2-8,13H,9H2,1H3,(H,19,24)(H,20,23)(H,18,21,22)/t13-/m1/s1. The molecule has 3 rings (SSSR count). The van der Waals surface area contributed by atoms with Crippen molar-refractivity contribution in [1.82, 2.24) is 10.3 Å². The van der Waals surface area contributed by atoms with Gasteiger partial charge in [-0.05, 0) is 30.7 Å². The Kier molecular flexibility index (Phi) is 4.24. The molecule has 122 valence electrons. The summed E-state index contributed by atoms with van der Waals surface area (Å²) in [6.45, 7) is 1.82. The predicted molar refractivity (Wildman–Crippen MR) is 88.5 cm³/mol. The number of carbonyl (C=O) groups is 3. The highest BCUT2D eigenvalue weighted by Crippen LogP contribution is 2.19. The van der Waals surface area contributed by atoms with Gasteiger partial charge in [-0.25, -0.2) is 4.98 Å². The van der Waals surface area contributed by atoms with Gasteiger partial charge in [-0.15, -0.1) is 0 Å². The Labute approximate surface area is 138 Å². The first-order valence-electron chi connectivity index (χ1n) is 7.47. The van der Waals surface area contributed by atoms with Crippen LogP contribution < -0.4 is 16.0 Å². The lowest BCUT2D eigenvalue weighted by Crippen LogP contribution is -2.43. The highest BCUT2D eigenvalue weighted by molar-refractivity contribution is 6.11. The monoisotopic (exact) mass is 324 g/mol. The molecule has 3 N–H and O–H groups in total. The van der Waals surface area contributed by atoms with Gasteiger partial charge >= 0.3 is 0 Å². The van der Waals surface area contributed by atoms with E-state index >= 15 is 0 Å². The summed E-state index contributed by atoms with van der Waals surface area (Å²) in [6.07, 6.45) is 1.39. The van der Waals surface area contributed by atoms with Crippen LogP contribution in [0.25, 0.3) is 0 Å². The average molecular weight is 324 g/mol. The van der Waals surface area contributed by atoms with E-state index in [1.807, 2.05) is 13.0 Å². The maximum absolute atomic E-state index is 12.3. The number of pyridine rings is 1. The van der Waals surface area contributed by atoms with Gasteiger partial charge in [-0.2, -0.15) is 0 Å². The Balaban J connectivity index is 1.72. The number of para-hydroxylation sites is 1. The number of rotatable bonds is 3. The van der Waals surface area contributed by atoms with Gasteiger partial charge in [0.15, 0.2) is 0 Å². The van der Waals surface area contributed by atoms with Crippen LogP contribution >= 0.6 is 0 Å². The van der Waals surface area contributed by atoms with Crippen molar-refractivity contribution < 1.29 is 14.4 Å². The Bertz CT molecular complexity index is 819. The number of hydrogen-bond donors (Lipinski definition) is 3. The average Bonchev–Trinajstić information content (AvgIpc) is 2.67. The van der Waals surface area contributed by atoms with Crippen molar-refractivity contribution in [2.24, 2.45) is 0 Å². The number of nitrogens with zero attached hydrogens (tertiary/aromatic N) is 1. The fourth-order valence-corrected chi connectivity index (χ4v) is 2.44. The summed E-state index contributed by atoms with van der Waals surface area (Å²) in [6, 6.07) is 9.33. The zero-order chi connectivity index (χ0) is 17.1. The number of hydrogen-bond acceptors (Lipinski definition) is 4. The summed E-state index contributed by atoms with van der Waals surface area (Å²) < 4.78 is 0. The molecule has 0 saturated heterocycles. The SMILES string of the molecule is Cc1cccnc1NC(=O)C[C@H]1NC(=O)c2ccccc2NC1=O. The van der Waals surface area contributed by atoms with Crippen LogP contribution in [0, 0.1) is 6.92 Å². The van der Waals surface area contributed by atoms with E-state index in [1.54, 1.807) is 36.5 Å². The van der Waals surface area contributed by atoms with Gasteiger partial charge in [-0.3, -0.25) is 14.4 Å². The Hall–Kier alpha value is -3.22. The molecule has 0 radical (unpaired) electrons. The van der Waals surface area contributed by atoms with Crippen molar-refractivity contribution in [2.75, 3.05) is 10.6 Å². The van der Waals surface area contributed by atoms with Crippen molar-refractivity contribution in [1.29, 1.82) is 0 Å². The van der Waals surface area contributed by atoms with Crippen molar-refractivity contribution >= 4 is 29.2 Å². The van der Waals surface area contributed by atoms with Crippen LogP contribution in [-0.4, -0.2) is 28.7 Å². The van der Waals surface area contributed by atoms with Gasteiger partial charge in [0, 0.05) is 6.20 Å². The molecule has 1 atom stereocenters. The molecule has 2 heterocycles. The summed E-state index contributed by atoms with van der Waals surface area (Å²) in [4.78, 5) is 40.7. The maximum atomic E-state index is 12.3. The van der Waals surface area contributed by atoms with Crippen LogP contribution in [-0.2, 0) is 9.59 Å². The zero-order valence-electron chi connectivity index (χ0n) is 13.0. The summed E-state index contributed by atoms with van der Waals surface area (Å²) >= 11 is 0. The first-order chi connectivity index (χ1) is 11.5. The van der Waals surface area contributed by atoms with E-state index < -0.39 is 23.8 Å². The van der Waals surface area contributed by atoms with Crippen molar-refractivity contribution in [3.05, 3.63) is 53.7 Å². The number of nitrogens with one attached hydrogen (secondary N) is 3. The van der Waals surface area contributed by atoms with E-state index in [0.717, 1.165) is 5.56 Å². The van der Waals surface area contributed by atoms with E-state index in [1.165, 1.54) is 0 Å². The van der Waals surface area contributed by atoms with Crippen LogP contribution in [0.15, 0.2) is 42.6 Å². The number of benzene rings is 1. The maximum Gasteiger partial charge on any atom is 0.254 e. The molecular formula is C17H16N4O3. The van der Waals surface area contributed by atoms with Crippen LogP contribution in [0.4, 0.5) is 11.5 Å². The molecule has 7 heteroatoms. The number of amides is 3. The fourth-order valence-electron chi connectivity index (χ4n) is 2.44. The normalized spacial score (nSPS) is 16.5. The smallest absolute Gasteiger partial charge is 0.254 e. The molecule has 7 nitrogen and oxygen atoms in total. The first kappa shape index (κ1) is 15.7. The third-order valence-electron chi connectivity index (χ3n) is 3.71. The molecule has 0 fully saturated rings. The fraction of sp³-hybridized carbons (Fsp3) is 0.176. The van der Waals surface area contributed by atoms with Gasteiger partial charge in [0.25, 0.3) is 5.91 Å². The van der Waals surface area contributed by atoms with E-state index in [9.17, 15) is 14.4 Å². The van der Waals surface area contributed by atoms with E-state index in [0.29, 0.717) is 17.1 Å². The van der Waals surface area contributed by atoms with Gasteiger partial charge in [-0.1, -0.05) is 18.2 Å². The summed E-state index contributed by atoms with van der Waals surface area (Å²) in [7, 11) is 0. The number of aromatic nitrogens is 1. The number of fused-ring (bicyclic) bond motifs is 1. The third-order valence-corrected chi connectivity index (χ3v) is 3.71. The molecule has 3 amide bonds. The highest BCUT2D eigenvalue weighted by Gasteiger charge is 2.29. The Morgan fingerprint density at radius 2 is 2.00 bits per heavy atom. The zero-order valence-corrected chi connectivity index (χ0v) is 13.0. The quantitative estimate of drug-likeness (QED) is 0.796. The lowest BCUT2D eigenvalue weighted by molar-refractivity contribution is -0.122. The minimum absolute atomic E-state index is 0.179. The number of anilines is 2. The lowest BCUT2D eigenvalue weighted by Gasteiger charge is -2.14. The molecule has 0 spiro atoms.